The molecular formula is C30H40F3N3O5S2. The second-order valence-electron chi connectivity index (χ2n) is 11.7. The fourth-order valence-corrected chi connectivity index (χ4v) is 7.45. The Hall–Kier alpha value is -2.48. The molecule has 13 heteroatoms. The third-order valence-corrected chi connectivity index (χ3v) is 10.9. The number of anilines is 1. The fraction of sp³-hybridized carbons (Fsp3) is 0.567. The van der Waals surface area contributed by atoms with E-state index in [4.69, 9.17) is 0 Å². The van der Waals surface area contributed by atoms with Gasteiger partial charge in [-0.25, -0.2) is 21.1 Å². The van der Waals surface area contributed by atoms with Gasteiger partial charge in [-0.3, -0.25) is 4.79 Å². The largest absolute Gasteiger partial charge is 0.416 e. The molecule has 0 aliphatic carbocycles. The number of halogens is 3. The Kier molecular flexibility index (Phi) is 10.6. The zero-order valence-electron chi connectivity index (χ0n) is 24.6. The van der Waals surface area contributed by atoms with Crippen molar-refractivity contribution in [2.24, 2.45) is 11.8 Å². The summed E-state index contributed by atoms with van der Waals surface area (Å²) in [5.41, 5.74) is 0.483. The normalized spacial score (nSPS) is 18.5. The minimum atomic E-state index is -4.54. The summed E-state index contributed by atoms with van der Waals surface area (Å²) in [7, 11) is -6.60. The van der Waals surface area contributed by atoms with Crippen LogP contribution in [0.5, 0.6) is 0 Å². The van der Waals surface area contributed by atoms with Crippen LogP contribution in [0.2, 0.25) is 0 Å². The summed E-state index contributed by atoms with van der Waals surface area (Å²) in [4.78, 5) is 17.7. The van der Waals surface area contributed by atoms with E-state index in [0.717, 1.165) is 56.3 Å². The molecule has 1 amide bonds. The molecule has 2 fully saturated rings. The van der Waals surface area contributed by atoms with Gasteiger partial charge in [0.1, 0.15) is 0 Å². The highest BCUT2D eigenvalue weighted by molar-refractivity contribution is 7.90. The number of rotatable bonds is 10. The van der Waals surface area contributed by atoms with Crippen molar-refractivity contribution in [3.63, 3.8) is 0 Å². The molecule has 0 unspecified atom stereocenters. The SMILES string of the molecule is CS(=O)(=O)c1ccc(CC2CCN(CCCN(C(=O)C3CCN(S(C)(=O)=O)CC3)c3cccc(C(F)(F)F)c3)CC2)cc1. The van der Waals surface area contributed by atoms with Gasteiger partial charge in [0.2, 0.25) is 15.9 Å². The van der Waals surface area contributed by atoms with Crippen LogP contribution in [0.3, 0.4) is 0 Å². The van der Waals surface area contributed by atoms with E-state index in [2.05, 4.69) is 4.90 Å². The molecule has 2 aromatic rings. The minimum Gasteiger partial charge on any atom is -0.312 e. The average molecular weight is 644 g/mol. The van der Waals surface area contributed by atoms with E-state index in [1.807, 2.05) is 12.1 Å². The predicted molar refractivity (Wildman–Crippen MR) is 160 cm³/mol. The second kappa shape index (κ2) is 13.7. The molecule has 0 radical (unpaired) electrons. The molecule has 8 nitrogen and oxygen atoms in total. The van der Waals surface area contributed by atoms with Gasteiger partial charge in [-0.2, -0.15) is 13.2 Å². The first-order valence-corrected chi connectivity index (χ1v) is 18.3. The molecule has 0 spiro atoms. The molecule has 0 N–H and O–H groups in total. The van der Waals surface area contributed by atoms with Crippen LogP contribution in [0.15, 0.2) is 53.4 Å². The molecule has 2 saturated heterocycles. The van der Waals surface area contributed by atoms with Crippen LogP contribution in [0.1, 0.15) is 43.2 Å². The quantitative estimate of drug-likeness (QED) is 0.380. The summed E-state index contributed by atoms with van der Waals surface area (Å²) < 4.78 is 89.0. The lowest BCUT2D eigenvalue weighted by atomic mass is 9.90. The Bertz CT molecular complexity index is 1470. The number of amides is 1. The maximum absolute atomic E-state index is 13.6. The van der Waals surface area contributed by atoms with Gasteiger partial charge in [-0.15, -0.1) is 0 Å². The van der Waals surface area contributed by atoms with Gasteiger partial charge in [0.05, 0.1) is 16.7 Å². The third kappa shape index (κ3) is 9.26. The Balaban J connectivity index is 1.34. The van der Waals surface area contributed by atoms with Gasteiger partial charge in [0.15, 0.2) is 9.84 Å². The number of carbonyl (C=O) groups excluding carboxylic acids is 1. The summed E-state index contributed by atoms with van der Waals surface area (Å²) in [6, 6.07) is 11.9. The van der Waals surface area contributed by atoms with Gasteiger partial charge < -0.3 is 9.80 Å². The van der Waals surface area contributed by atoms with Gasteiger partial charge in [0.25, 0.3) is 0 Å². The van der Waals surface area contributed by atoms with E-state index in [0.29, 0.717) is 36.6 Å². The van der Waals surface area contributed by atoms with Crippen LogP contribution in [0.4, 0.5) is 18.9 Å². The van der Waals surface area contributed by atoms with E-state index in [9.17, 15) is 34.8 Å². The first-order chi connectivity index (χ1) is 20.1. The molecule has 2 heterocycles. The summed E-state index contributed by atoms with van der Waals surface area (Å²) in [6.45, 7) is 3.12. The molecule has 4 rings (SSSR count). The van der Waals surface area contributed by atoms with Crippen molar-refractivity contribution in [3.05, 3.63) is 59.7 Å². The standard InChI is InChI=1S/C30H40F3N3O5S2/c1-42(38,39)28-9-7-23(8-10-28)21-24-11-17-34(18-12-24)15-4-16-36(27-6-3-5-26(22-27)30(31,32)33)29(37)25-13-19-35(20-14-25)43(2,40)41/h3,5-10,22,24-25H,4,11-21H2,1-2H3. The lowest BCUT2D eigenvalue weighted by Gasteiger charge is -2.35. The average Bonchev–Trinajstić information content (AvgIpc) is 2.95. The molecule has 238 valence electrons. The zero-order valence-corrected chi connectivity index (χ0v) is 26.2. The number of nitrogens with zero attached hydrogens (tertiary/aromatic N) is 3. The highest BCUT2D eigenvalue weighted by atomic mass is 32.2. The van der Waals surface area contributed by atoms with E-state index in [1.54, 1.807) is 12.1 Å². The smallest absolute Gasteiger partial charge is 0.312 e. The molecule has 43 heavy (non-hydrogen) atoms. The molecule has 2 aliphatic rings. The highest BCUT2D eigenvalue weighted by Crippen LogP contribution is 2.33. The van der Waals surface area contributed by atoms with Crippen LogP contribution in [0.25, 0.3) is 0 Å². The van der Waals surface area contributed by atoms with Crippen molar-refractivity contribution in [3.8, 4) is 0 Å². The number of benzene rings is 2. The van der Waals surface area contributed by atoms with Gasteiger partial charge in [0, 0.05) is 37.5 Å². The lowest BCUT2D eigenvalue weighted by Crippen LogP contribution is -2.45. The summed E-state index contributed by atoms with van der Waals surface area (Å²) >= 11 is 0. The van der Waals surface area contributed by atoms with Crippen LogP contribution < -0.4 is 4.90 Å². The van der Waals surface area contributed by atoms with E-state index in [1.165, 1.54) is 27.6 Å². The summed E-state index contributed by atoms with van der Waals surface area (Å²) in [5.74, 6) is -0.260. The van der Waals surface area contributed by atoms with Crippen LogP contribution in [-0.4, -0.2) is 83.7 Å². The molecule has 2 aliphatic heterocycles. The van der Waals surface area contributed by atoms with Crippen molar-refractivity contribution in [1.82, 2.24) is 9.21 Å². The monoisotopic (exact) mass is 643 g/mol. The van der Waals surface area contributed by atoms with Crippen molar-refractivity contribution >= 4 is 31.5 Å². The Morgan fingerprint density at radius 3 is 2.09 bits per heavy atom. The minimum absolute atomic E-state index is 0.200. The van der Waals surface area contributed by atoms with Crippen molar-refractivity contribution in [2.45, 2.75) is 49.6 Å². The van der Waals surface area contributed by atoms with Gasteiger partial charge in [-0.05, 0) is 100.0 Å². The third-order valence-electron chi connectivity index (χ3n) is 8.46. The molecule has 2 aromatic carbocycles. The number of piperidine rings is 2. The number of hydrogen-bond donors (Lipinski definition) is 0. The van der Waals surface area contributed by atoms with Crippen LogP contribution in [-0.2, 0) is 37.3 Å². The van der Waals surface area contributed by atoms with E-state index in [-0.39, 0.29) is 31.2 Å². The Labute approximate surface area is 252 Å². The fourth-order valence-electron chi connectivity index (χ4n) is 5.94. The number of likely N-dealkylation sites (tertiary alicyclic amines) is 1. The Morgan fingerprint density at radius 2 is 1.53 bits per heavy atom. The van der Waals surface area contributed by atoms with E-state index >= 15 is 0 Å². The number of alkyl halides is 3. The van der Waals surface area contributed by atoms with Crippen molar-refractivity contribution in [2.75, 3.05) is 56.7 Å². The van der Waals surface area contributed by atoms with Gasteiger partial charge >= 0.3 is 6.18 Å². The number of sulfone groups is 1. The predicted octanol–water partition coefficient (Wildman–Crippen LogP) is 4.46. The van der Waals surface area contributed by atoms with Crippen LogP contribution in [0, 0.1) is 11.8 Å². The number of sulfonamides is 1. The number of carbonyl (C=O) groups is 1. The maximum Gasteiger partial charge on any atom is 0.416 e. The number of hydrogen-bond acceptors (Lipinski definition) is 6. The Morgan fingerprint density at radius 1 is 0.907 bits per heavy atom. The van der Waals surface area contributed by atoms with Crippen LogP contribution >= 0.6 is 0 Å². The highest BCUT2D eigenvalue weighted by Gasteiger charge is 2.34. The van der Waals surface area contributed by atoms with Gasteiger partial charge in [-0.1, -0.05) is 18.2 Å². The summed E-state index contributed by atoms with van der Waals surface area (Å²) in [5, 5.41) is 0. The maximum atomic E-state index is 13.6. The summed E-state index contributed by atoms with van der Waals surface area (Å²) in [6.07, 6.45) is 1.84. The zero-order chi connectivity index (χ0) is 31.4. The first-order valence-electron chi connectivity index (χ1n) is 14.6. The lowest BCUT2D eigenvalue weighted by molar-refractivity contribution is -0.137. The molecular weight excluding hydrogens is 603 g/mol. The molecule has 0 saturated carbocycles. The topological polar surface area (TPSA) is 95.1 Å². The second-order valence-corrected chi connectivity index (χ2v) is 15.7. The van der Waals surface area contributed by atoms with Crippen molar-refractivity contribution in [1.29, 1.82) is 0 Å². The molecule has 0 aromatic heterocycles. The van der Waals surface area contributed by atoms with Crippen molar-refractivity contribution < 1.29 is 34.8 Å². The molecule has 0 atom stereocenters. The molecule has 0 bridgehead atoms. The first kappa shape index (κ1) is 33.4. The van der Waals surface area contributed by atoms with E-state index < -0.39 is 37.5 Å².